The van der Waals surface area contributed by atoms with Crippen molar-refractivity contribution in [1.29, 1.82) is 0 Å². The lowest BCUT2D eigenvalue weighted by molar-refractivity contribution is 0.0950. The van der Waals surface area contributed by atoms with Crippen LogP contribution in [0.2, 0.25) is 0 Å². The van der Waals surface area contributed by atoms with Crippen molar-refractivity contribution in [2.75, 3.05) is 18.0 Å². The maximum Gasteiger partial charge on any atom is 0.255 e. The number of aryl methyl sites for hydroxylation is 1. The lowest BCUT2D eigenvalue weighted by atomic mass is 10.1. The van der Waals surface area contributed by atoms with Gasteiger partial charge in [0.1, 0.15) is 5.82 Å². The Morgan fingerprint density at radius 2 is 2.04 bits per heavy atom. The average Bonchev–Trinajstić information content (AvgIpc) is 2.87. The molecule has 1 heterocycles. The minimum atomic E-state index is -0.266. The first kappa shape index (κ1) is 17.0. The van der Waals surface area contributed by atoms with E-state index in [2.05, 4.69) is 10.4 Å². The van der Waals surface area contributed by atoms with Gasteiger partial charge in [0.15, 0.2) is 0 Å². The third-order valence-electron chi connectivity index (χ3n) is 4.05. The molecule has 0 saturated heterocycles. The third-order valence-corrected chi connectivity index (χ3v) is 4.05. The summed E-state index contributed by atoms with van der Waals surface area (Å²) in [4.78, 5) is 14.1. The maximum absolute atomic E-state index is 14.2. The Labute approximate surface area is 136 Å². The third kappa shape index (κ3) is 3.70. The van der Waals surface area contributed by atoms with Crippen molar-refractivity contribution in [3.8, 4) is 0 Å². The Bertz CT molecular complexity index is 692. The van der Waals surface area contributed by atoms with Gasteiger partial charge in [-0.15, -0.1) is 0 Å². The summed E-state index contributed by atoms with van der Waals surface area (Å²) in [5.41, 5.74) is 2.65. The number of benzene rings is 1. The molecule has 2 rings (SSSR count). The number of amides is 1. The predicted octanol–water partition coefficient (Wildman–Crippen LogP) is 2.64. The zero-order valence-electron chi connectivity index (χ0n) is 14.1. The van der Waals surface area contributed by atoms with E-state index in [1.165, 1.54) is 12.3 Å². The van der Waals surface area contributed by atoms with Gasteiger partial charge in [-0.2, -0.15) is 5.10 Å². The molecule has 0 spiro atoms. The Morgan fingerprint density at radius 3 is 2.57 bits per heavy atom. The van der Waals surface area contributed by atoms with Crippen LogP contribution in [0.3, 0.4) is 0 Å². The molecule has 0 unspecified atom stereocenters. The summed E-state index contributed by atoms with van der Waals surface area (Å²) in [6.07, 6.45) is 1.54. The largest absolute Gasteiger partial charge is 0.370 e. The SMILES string of the molecule is CCN(CC)c1ccc(CNC(=O)c2cnn(C)c2C)cc1F. The number of anilines is 1. The molecule has 124 valence electrons. The second-order valence-electron chi connectivity index (χ2n) is 5.41. The van der Waals surface area contributed by atoms with Gasteiger partial charge in [0.2, 0.25) is 0 Å². The topological polar surface area (TPSA) is 50.2 Å². The van der Waals surface area contributed by atoms with Gasteiger partial charge >= 0.3 is 0 Å². The van der Waals surface area contributed by atoms with Crippen LogP contribution in [0, 0.1) is 12.7 Å². The molecule has 0 bridgehead atoms. The number of hydrogen-bond acceptors (Lipinski definition) is 3. The molecule has 1 aromatic heterocycles. The number of hydrogen-bond donors (Lipinski definition) is 1. The molecular formula is C17H23FN4O. The van der Waals surface area contributed by atoms with Crippen LogP contribution in [-0.4, -0.2) is 28.8 Å². The standard InChI is InChI=1S/C17H23FN4O/c1-5-22(6-2)16-8-7-13(9-15(16)18)10-19-17(23)14-11-20-21(4)12(14)3/h7-9,11H,5-6,10H2,1-4H3,(H,19,23). The van der Waals surface area contributed by atoms with Crippen LogP contribution < -0.4 is 10.2 Å². The van der Waals surface area contributed by atoms with Gasteiger partial charge < -0.3 is 10.2 Å². The highest BCUT2D eigenvalue weighted by Gasteiger charge is 2.13. The second kappa shape index (κ2) is 7.26. The van der Waals surface area contributed by atoms with Crippen LogP contribution >= 0.6 is 0 Å². The van der Waals surface area contributed by atoms with Crippen LogP contribution in [0.4, 0.5) is 10.1 Å². The quantitative estimate of drug-likeness (QED) is 0.891. The normalized spacial score (nSPS) is 10.7. The molecule has 5 nitrogen and oxygen atoms in total. The molecule has 0 saturated carbocycles. The highest BCUT2D eigenvalue weighted by atomic mass is 19.1. The molecule has 0 fully saturated rings. The molecule has 0 atom stereocenters. The van der Waals surface area contributed by atoms with Gasteiger partial charge in [0, 0.05) is 32.4 Å². The summed E-state index contributed by atoms with van der Waals surface area (Å²) >= 11 is 0. The zero-order chi connectivity index (χ0) is 17.0. The van der Waals surface area contributed by atoms with E-state index in [0.717, 1.165) is 24.3 Å². The number of nitrogens with zero attached hydrogens (tertiary/aromatic N) is 3. The monoisotopic (exact) mass is 318 g/mol. The summed E-state index contributed by atoms with van der Waals surface area (Å²) in [5.74, 6) is -0.471. The number of nitrogens with one attached hydrogen (secondary N) is 1. The summed E-state index contributed by atoms with van der Waals surface area (Å²) in [6, 6.07) is 5.08. The van der Waals surface area contributed by atoms with Crippen molar-refractivity contribution >= 4 is 11.6 Å². The van der Waals surface area contributed by atoms with Crippen molar-refractivity contribution in [3.63, 3.8) is 0 Å². The first-order valence-corrected chi connectivity index (χ1v) is 7.78. The molecular weight excluding hydrogens is 295 g/mol. The van der Waals surface area contributed by atoms with Gasteiger partial charge in [-0.25, -0.2) is 4.39 Å². The molecule has 0 aliphatic carbocycles. The van der Waals surface area contributed by atoms with Crippen LogP contribution in [0.25, 0.3) is 0 Å². The van der Waals surface area contributed by atoms with Gasteiger partial charge in [-0.1, -0.05) is 6.07 Å². The Balaban J connectivity index is 2.05. The average molecular weight is 318 g/mol. The summed E-state index contributed by atoms with van der Waals surface area (Å²) in [6.45, 7) is 7.61. The fraction of sp³-hybridized carbons (Fsp3) is 0.412. The lowest BCUT2D eigenvalue weighted by Crippen LogP contribution is -2.24. The summed E-state index contributed by atoms with van der Waals surface area (Å²) in [5, 5.41) is 6.85. The highest BCUT2D eigenvalue weighted by Crippen LogP contribution is 2.20. The Morgan fingerprint density at radius 1 is 1.35 bits per heavy atom. The van der Waals surface area contributed by atoms with Crippen LogP contribution in [-0.2, 0) is 13.6 Å². The minimum absolute atomic E-state index is 0.205. The van der Waals surface area contributed by atoms with Gasteiger partial charge in [0.25, 0.3) is 5.91 Å². The van der Waals surface area contributed by atoms with Gasteiger partial charge in [-0.05, 0) is 38.5 Å². The van der Waals surface area contributed by atoms with E-state index in [9.17, 15) is 9.18 Å². The van der Waals surface area contributed by atoms with E-state index < -0.39 is 0 Å². The van der Waals surface area contributed by atoms with Crippen molar-refractivity contribution in [2.24, 2.45) is 7.05 Å². The number of carbonyl (C=O) groups is 1. The number of aromatic nitrogens is 2. The summed E-state index contributed by atoms with van der Waals surface area (Å²) in [7, 11) is 1.79. The maximum atomic E-state index is 14.2. The molecule has 1 N–H and O–H groups in total. The molecule has 0 aliphatic rings. The fourth-order valence-corrected chi connectivity index (χ4v) is 2.48. The lowest BCUT2D eigenvalue weighted by Gasteiger charge is -2.21. The number of rotatable bonds is 6. The van der Waals surface area contributed by atoms with Crippen LogP contribution in [0.15, 0.2) is 24.4 Å². The smallest absolute Gasteiger partial charge is 0.255 e. The Hall–Kier alpha value is -2.37. The van der Waals surface area contributed by atoms with E-state index in [1.54, 1.807) is 17.8 Å². The molecule has 6 heteroatoms. The first-order chi connectivity index (χ1) is 11.0. The predicted molar refractivity (Wildman–Crippen MR) is 89.1 cm³/mol. The zero-order valence-corrected chi connectivity index (χ0v) is 14.1. The van der Waals surface area contributed by atoms with Crippen LogP contribution in [0.1, 0.15) is 35.5 Å². The van der Waals surface area contributed by atoms with Crippen LogP contribution in [0.5, 0.6) is 0 Å². The minimum Gasteiger partial charge on any atom is -0.370 e. The van der Waals surface area contributed by atoms with E-state index in [4.69, 9.17) is 0 Å². The highest BCUT2D eigenvalue weighted by molar-refractivity contribution is 5.94. The van der Waals surface area contributed by atoms with Crippen molar-refractivity contribution in [2.45, 2.75) is 27.3 Å². The van der Waals surface area contributed by atoms with Crippen molar-refractivity contribution < 1.29 is 9.18 Å². The molecule has 0 radical (unpaired) electrons. The van der Waals surface area contributed by atoms with E-state index in [0.29, 0.717) is 11.3 Å². The van der Waals surface area contributed by atoms with Crippen molar-refractivity contribution in [3.05, 3.63) is 47.0 Å². The van der Waals surface area contributed by atoms with E-state index >= 15 is 0 Å². The Kier molecular flexibility index (Phi) is 5.36. The molecule has 2 aromatic rings. The molecule has 1 amide bonds. The number of halogens is 1. The van der Waals surface area contributed by atoms with Crippen molar-refractivity contribution in [1.82, 2.24) is 15.1 Å². The first-order valence-electron chi connectivity index (χ1n) is 7.78. The van der Waals surface area contributed by atoms with Gasteiger partial charge in [-0.3, -0.25) is 9.48 Å². The molecule has 23 heavy (non-hydrogen) atoms. The van der Waals surface area contributed by atoms with E-state index in [-0.39, 0.29) is 18.3 Å². The molecule has 0 aliphatic heterocycles. The fourth-order valence-electron chi connectivity index (χ4n) is 2.48. The second-order valence-corrected chi connectivity index (χ2v) is 5.41. The van der Waals surface area contributed by atoms with Gasteiger partial charge in [0.05, 0.1) is 17.4 Å². The summed E-state index contributed by atoms with van der Waals surface area (Å²) < 4.78 is 15.9. The van der Waals surface area contributed by atoms with E-state index in [1.807, 2.05) is 31.7 Å². The number of carbonyl (C=O) groups excluding carboxylic acids is 1. The molecule has 1 aromatic carbocycles.